The van der Waals surface area contributed by atoms with Crippen LogP contribution in [0.15, 0.2) is 79.3 Å². The fourth-order valence-electron chi connectivity index (χ4n) is 3.23. The first kappa shape index (κ1) is 21.0. The van der Waals surface area contributed by atoms with E-state index in [9.17, 15) is 13.6 Å². The molecule has 168 valence electrons. The van der Waals surface area contributed by atoms with Crippen LogP contribution in [0, 0.1) is 11.6 Å². The van der Waals surface area contributed by atoms with Crippen LogP contribution in [0.3, 0.4) is 0 Å². The summed E-state index contributed by atoms with van der Waals surface area (Å²) in [5, 5.41) is 11.6. The molecule has 5 aromatic rings. The third-order valence-electron chi connectivity index (χ3n) is 4.81. The lowest BCUT2D eigenvalue weighted by molar-refractivity contribution is 0.262. The Hall–Kier alpha value is -4.86. The molecule has 34 heavy (non-hydrogen) atoms. The summed E-state index contributed by atoms with van der Waals surface area (Å²) >= 11 is 0. The molecule has 2 amide bonds. The van der Waals surface area contributed by atoms with E-state index in [1.165, 1.54) is 36.4 Å². The summed E-state index contributed by atoms with van der Waals surface area (Å²) in [6.07, 6.45) is 4.99. The van der Waals surface area contributed by atoms with Crippen molar-refractivity contribution in [1.82, 2.24) is 20.2 Å². The topological polar surface area (TPSA) is 105 Å². The van der Waals surface area contributed by atoms with Crippen molar-refractivity contribution in [3.63, 3.8) is 0 Å². The molecule has 10 heteroatoms. The number of aromatic nitrogens is 4. The first-order chi connectivity index (χ1) is 16.5. The molecule has 0 aliphatic heterocycles. The fourth-order valence-corrected chi connectivity index (χ4v) is 3.23. The second-order valence-electron chi connectivity index (χ2n) is 7.23. The molecular weight excluding hydrogens is 442 g/mol. The van der Waals surface area contributed by atoms with Gasteiger partial charge in [-0.15, -0.1) is 0 Å². The Kier molecular flexibility index (Phi) is 5.53. The molecule has 0 saturated carbocycles. The third-order valence-corrected chi connectivity index (χ3v) is 4.81. The van der Waals surface area contributed by atoms with E-state index in [1.54, 1.807) is 36.8 Å². The van der Waals surface area contributed by atoms with Crippen molar-refractivity contribution in [3.05, 3.63) is 90.9 Å². The maximum atomic E-state index is 14.6. The summed E-state index contributed by atoms with van der Waals surface area (Å²) in [7, 11) is 0. The van der Waals surface area contributed by atoms with E-state index < -0.39 is 17.7 Å². The number of benzene rings is 3. The molecule has 8 nitrogen and oxygen atoms in total. The van der Waals surface area contributed by atoms with Crippen molar-refractivity contribution < 1.29 is 18.3 Å². The third kappa shape index (κ3) is 4.65. The van der Waals surface area contributed by atoms with Crippen molar-refractivity contribution in [2.24, 2.45) is 0 Å². The maximum Gasteiger partial charge on any atom is 0.323 e. The van der Waals surface area contributed by atoms with Gasteiger partial charge in [0.1, 0.15) is 11.6 Å². The molecule has 3 aromatic carbocycles. The van der Waals surface area contributed by atoms with Gasteiger partial charge in [-0.05, 0) is 42.5 Å². The Labute approximate surface area is 191 Å². The predicted octanol–water partition coefficient (Wildman–Crippen LogP) is 5.73. The van der Waals surface area contributed by atoms with Crippen molar-refractivity contribution in [2.45, 2.75) is 0 Å². The number of anilines is 2. The number of carbonyl (C=O) groups is 1. The highest BCUT2D eigenvalue weighted by Gasteiger charge is 2.11. The first-order valence-corrected chi connectivity index (χ1v) is 10.1. The summed E-state index contributed by atoms with van der Waals surface area (Å²) in [6.45, 7) is 0. The SMILES string of the molecule is O=C(Nc1cccc(F)c1)Nc1ccc(Oc2ccc3ncc(-c4cn[nH]c4)nc3c2)c(F)c1. The van der Waals surface area contributed by atoms with Crippen molar-refractivity contribution in [2.75, 3.05) is 10.6 Å². The monoisotopic (exact) mass is 458 g/mol. The van der Waals surface area contributed by atoms with E-state index in [0.29, 0.717) is 22.5 Å². The number of urea groups is 1. The molecule has 0 aliphatic carbocycles. The molecule has 0 unspecified atom stereocenters. The zero-order chi connectivity index (χ0) is 23.5. The van der Waals surface area contributed by atoms with Gasteiger partial charge in [0.2, 0.25) is 0 Å². The number of rotatable bonds is 5. The molecule has 2 heterocycles. The number of hydrogen-bond acceptors (Lipinski definition) is 5. The zero-order valence-electron chi connectivity index (χ0n) is 17.4. The van der Waals surface area contributed by atoms with Crippen molar-refractivity contribution in [3.8, 4) is 22.8 Å². The Morgan fingerprint density at radius 2 is 1.76 bits per heavy atom. The van der Waals surface area contributed by atoms with Gasteiger partial charge in [0.25, 0.3) is 0 Å². The molecular formula is C24H16F2N6O2. The van der Waals surface area contributed by atoms with Gasteiger partial charge < -0.3 is 15.4 Å². The summed E-state index contributed by atoms with van der Waals surface area (Å²) in [5.41, 5.74) is 3.13. The number of ether oxygens (including phenoxy) is 1. The number of nitrogens with one attached hydrogen (secondary N) is 3. The molecule has 0 saturated heterocycles. The quantitative estimate of drug-likeness (QED) is 0.312. The van der Waals surface area contributed by atoms with Crippen LogP contribution < -0.4 is 15.4 Å². The second-order valence-corrected chi connectivity index (χ2v) is 7.23. The molecule has 2 aromatic heterocycles. The average molecular weight is 458 g/mol. The van der Waals surface area contributed by atoms with E-state index >= 15 is 0 Å². The predicted molar refractivity (Wildman–Crippen MR) is 123 cm³/mol. The smallest absolute Gasteiger partial charge is 0.323 e. The number of carbonyl (C=O) groups excluding carboxylic acids is 1. The van der Waals surface area contributed by atoms with Gasteiger partial charge in [-0.1, -0.05) is 6.07 Å². The van der Waals surface area contributed by atoms with E-state index in [0.717, 1.165) is 11.6 Å². The molecule has 0 spiro atoms. The van der Waals surface area contributed by atoms with Crippen molar-refractivity contribution >= 4 is 28.4 Å². The van der Waals surface area contributed by atoms with E-state index in [-0.39, 0.29) is 17.1 Å². The lowest BCUT2D eigenvalue weighted by Gasteiger charge is -2.11. The number of H-pyrrole nitrogens is 1. The summed E-state index contributed by atoms with van der Waals surface area (Å²) < 4.78 is 33.6. The van der Waals surface area contributed by atoms with Gasteiger partial charge in [-0.25, -0.2) is 18.6 Å². The molecule has 0 atom stereocenters. The Morgan fingerprint density at radius 3 is 2.53 bits per heavy atom. The number of amides is 2. The van der Waals surface area contributed by atoms with Crippen LogP contribution in [0.2, 0.25) is 0 Å². The van der Waals surface area contributed by atoms with Crippen LogP contribution in [0.4, 0.5) is 25.0 Å². The van der Waals surface area contributed by atoms with E-state index in [1.807, 2.05) is 0 Å². The van der Waals surface area contributed by atoms with Gasteiger partial charge in [0, 0.05) is 35.3 Å². The minimum Gasteiger partial charge on any atom is -0.454 e. The van der Waals surface area contributed by atoms with Crippen LogP contribution in [-0.2, 0) is 0 Å². The largest absolute Gasteiger partial charge is 0.454 e. The highest BCUT2D eigenvalue weighted by Crippen LogP contribution is 2.29. The standard InChI is InChI=1S/C24H16F2N6O2/c25-15-2-1-3-16(8-15)30-24(33)31-17-4-7-23(19(26)9-17)34-18-5-6-20-21(10-18)32-22(13-27-20)14-11-28-29-12-14/h1-13H,(H,28,29)(H2,30,31,33). The second kappa shape index (κ2) is 8.94. The number of nitrogens with zero attached hydrogens (tertiary/aromatic N) is 3. The van der Waals surface area contributed by atoms with Gasteiger partial charge >= 0.3 is 6.03 Å². The van der Waals surface area contributed by atoms with Gasteiger partial charge in [0.15, 0.2) is 11.6 Å². The van der Waals surface area contributed by atoms with Crippen LogP contribution >= 0.6 is 0 Å². The van der Waals surface area contributed by atoms with Crippen molar-refractivity contribution in [1.29, 1.82) is 0 Å². The molecule has 0 fully saturated rings. The van der Waals surface area contributed by atoms with Crippen LogP contribution in [-0.4, -0.2) is 26.2 Å². The maximum absolute atomic E-state index is 14.6. The highest BCUT2D eigenvalue weighted by atomic mass is 19.1. The Balaban J connectivity index is 1.30. The number of hydrogen-bond donors (Lipinski definition) is 3. The number of aromatic amines is 1. The summed E-state index contributed by atoms with van der Waals surface area (Å²) in [4.78, 5) is 21.0. The van der Waals surface area contributed by atoms with Crippen LogP contribution in [0.1, 0.15) is 0 Å². The zero-order valence-corrected chi connectivity index (χ0v) is 17.4. The summed E-state index contributed by atoms with van der Waals surface area (Å²) in [6, 6.07) is 13.8. The molecule has 5 rings (SSSR count). The van der Waals surface area contributed by atoms with Gasteiger partial charge in [0.05, 0.1) is 29.1 Å². The molecule has 0 bridgehead atoms. The normalized spacial score (nSPS) is 10.8. The minimum absolute atomic E-state index is 0.0330. The first-order valence-electron chi connectivity index (χ1n) is 10.1. The molecule has 0 radical (unpaired) electrons. The highest BCUT2D eigenvalue weighted by molar-refractivity contribution is 5.99. The van der Waals surface area contributed by atoms with E-state index in [4.69, 9.17) is 4.74 Å². The lowest BCUT2D eigenvalue weighted by Crippen LogP contribution is -2.19. The fraction of sp³-hybridized carbons (Fsp3) is 0. The number of fused-ring (bicyclic) bond motifs is 1. The van der Waals surface area contributed by atoms with E-state index in [2.05, 4.69) is 30.8 Å². The van der Waals surface area contributed by atoms with Crippen LogP contribution in [0.25, 0.3) is 22.3 Å². The van der Waals surface area contributed by atoms with Crippen LogP contribution in [0.5, 0.6) is 11.5 Å². The van der Waals surface area contributed by atoms with Gasteiger partial charge in [-0.3, -0.25) is 10.1 Å². The lowest BCUT2D eigenvalue weighted by atomic mass is 10.2. The van der Waals surface area contributed by atoms with Gasteiger partial charge in [-0.2, -0.15) is 5.10 Å². The molecule has 3 N–H and O–H groups in total. The molecule has 0 aliphatic rings. The summed E-state index contributed by atoms with van der Waals surface area (Å²) in [5.74, 6) is -0.825. The number of halogens is 2. The average Bonchev–Trinajstić information content (AvgIpc) is 3.35. The Bertz CT molecular complexity index is 1490. The Morgan fingerprint density at radius 1 is 0.912 bits per heavy atom. The minimum atomic E-state index is -0.679.